The zero-order chi connectivity index (χ0) is 16.9. The first-order chi connectivity index (χ1) is 11.7. The number of primary amides is 1. The molecule has 1 aromatic carbocycles. The lowest BCUT2D eigenvalue weighted by Crippen LogP contribution is -2.43. The molecule has 2 heterocycles. The number of aromatic nitrogens is 1. The summed E-state index contributed by atoms with van der Waals surface area (Å²) in [7, 11) is 1.66. The van der Waals surface area contributed by atoms with Gasteiger partial charge in [0, 0.05) is 31.3 Å². The quantitative estimate of drug-likeness (QED) is 0.903. The van der Waals surface area contributed by atoms with Crippen molar-refractivity contribution in [3.05, 3.63) is 53.7 Å². The van der Waals surface area contributed by atoms with Crippen molar-refractivity contribution < 1.29 is 14.3 Å². The molecule has 1 fully saturated rings. The molecule has 6 nitrogen and oxygen atoms in total. The van der Waals surface area contributed by atoms with Gasteiger partial charge in [-0.2, -0.15) is 0 Å². The summed E-state index contributed by atoms with van der Waals surface area (Å²) in [4.78, 5) is 17.8. The Bertz CT molecular complexity index is 720. The molecular weight excluding hydrogens is 306 g/mol. The van der Waals surface area contributed by atoms with Gasteiger partial charge in [0.2, 0.25) is 5.91 Å². The van der Waals surface area contributed by atoms with Crippen LogP contribution in [0.1, 0.15) is 15.9 Å². The molecule has 6 heteroatoms. The van der Waals surface area contributed by atoms with E-state index in [1.165, 1.54) is 5.56 Å². The van der Waals surface area contributed by atoms with Crippen molar-refractivity contribution in [2.45, 2.75) is 12.5 Å². The van der Waals surface area contributed by atoms with E-state index in [0.717, 1.165) is 24.5 Å². The van der Waals surface area contributed by atoms with Crippen LogP contribution in [0.3, 0.4) is 0 Å². The highest BCUT2D eigenvalue weighted by molar-refractivity contribution is 5.93. The van der Waals surface area contributed by atoms with Gasteiger partial charge in [-0.15, -0.1) is 0 Å². The smallest absolute Gasteiger partial charge is 0.248 e. The predicted octanol–water partition coefficient (Wildman–Crippen LogP) is 1.64. The molecule has 1 aliphatic rings. The standard InChI is InChI=1S/C18H21N3O3/c1-23-15-4-2-3-13(9-15)10-16-12-21(7-8-24-16)17-11-14(18(19)22)5-6-20-17/h2-6,9,11,16H,7-8,10,12H2,1H3,(H2,19,22)/t16-/m1/s1. The van der Waals surface area contributed by atoms with Gasteiger partial charge in [-0.3, -0.25) is 4.79 Å². The van der Waals surface area contributed by atoms with Crippen LogP contribution in [0.25, 0.3) is 0 Å². The lowest BCUT2D eigenvalue weighted by molar-refractivity contribution is 0.0408. The number of morpholine rings is 1. The summed E-state index contributed by atoms with van der Waals surface area (Å²) in [5.41, 5.74) is 6.98. The molecule has 1 aliphatic heterocycles. The molecule has 1 aromatic heterocycles. The van der Waals surface area contributed by atoms with Crippen LogP contribution in [0, 0.1) is 0 Å². The van der Waals surface area contributed by atoms with Gasteiger partial charge in [0.25, 0.3) is 0 Å². The first-order valence-corrected chi connectivity index (χ1v) is 7.91. The van der Waals surface area contributed by atoms with Gasteiger partial charge >= 0.3 is 0 Å². The molecule has 0 bridgehead atoms. The maximum atomic E-state index is 11.3. The third kappa shape index (κ3) is 3.83. The molecule has 1 amide bonds. The van der Waals surface area contributed by atoms with Gasteiger partial charge in [0.15, 0.2) is 0 Å². The van der Waals surface area contributed by atoms with Gasteiger partial charge in [-0.05, 0) is 29.8 Å². The van der Waals surface area contributed by atoms with Crippen molar-refractivity contribution in [2.24, 2.45) is 5.73 Å². The number of hydrogen-bond acceptors (Lipinski definition) is 5. The predicted molar refractivity (Wildman–Crippen MR) is 91.4 cm³/mol. The zero-order valence-corrected chi connectivity index (χ0v) is 13.6. The second-order valence-corrected chi connectivity index (χ2v) is 5.76. The van der Waals surface area contributed by atoms with Crippen LogP contribution < -0.4 is 15.4 Å². The highest BCUT2D eigenvalue weighted by Crippen LogP contribution is 2.20. The Labute approximate surface area is 141 Å². The van der Waals surface area contributed by atoms with Crippen LogP contribution in [0.5, 0.6) is 5.75 Å². The van der Waals surface area contributed by atoms with Gasteiger partial charge in [-0.25, -0.2) is 4.98 Å². The summed E-state index contributed by atoms with van der Waals surface area (Å²) < 4.78 is 11.1. The summed E-state index contributed by atoms with van der Waals surface area (Å²) >= 11 is 0. The normalized spacial score (nSPS) is 17.5. The Morgan fingerprint density at radius 3 is 3.08 bits per heavy atom. The molecule has 0 radical (unpaired) electrons. The molecule has 24 heavy (non-hydrogen) atoms. The third-order valence-electron chi connectivity index (χ3n) is 4.09. The van der Waals surface area contributed by atoms with Crippen LogP contribution >= 0.6 is 0 Å². The van der Waals surface area contributed by atoms with E-state index in [1.54, 1.807) is 25.4 Å². The van der Waals surface area contributed by atoms with Crippen molar-refractivity contribution in [2.75, 3.05) is 31.7 Å². The molecule has 0 saturated carbocycles. The Hall–Kier alpha value is -2.60. The highest BCUT2D eigenvalue weighted by Gasteiger charge is 2.22. The number of nitrogens with two attached hydrogens (primary N) is 1. The number of pyridine rings is 1. The lowest BCUT2D eigenvalue weighted by Gasteiger charge is -2.34. The number of benzene rings is 1. The van der Waals surface area contributed by atoms with Crippen LogP contribution in [0.2, 0.25) is 0 Å². The lowest BCUT2D eigenvalue weighted by atomic mass is 10.1. The van der Waals surface area contributed by atoms with Crippen molar-refractivity contribution in [3.8, 4) is 5.75 Å². The van der Waals surface area contributed by atoms with Gasteiger partial charge in [-0.1, -0.05) is 12.1 Å². The Morgan fingerprint density at radius 1 is 1.42 bits per heavy atom. The molecule has 0 unspecified atom stereocenters. The maximum Gasteiger partial charge on any atom is 0.248 e. The zero-order valence-electron chi connectivity index (χ0n) is 13.6. The van der Waals surface area contributed by atoms with Gasteiger partial charge < -0.3 is 20.1 Å². The van der Waals surface area contributed by atoms with E-state index in [9.17, 15) is 4.79 Å². The number of carbonyl (C=O) groups is 1. The number of amides is 1. The van der Waals surface area contributed by atoms with Crippen molar-refractivity contribution in [1.29, 1.82) is 0 Å². The molecule has 2 aromatic rings. The molecule has 0 aliphatic carbocycles. The molecule has 126 valence electrons. The second-order valence-electron chi connectivity index (χ2n) is 5.76. The first kappa shape index (κ1) is 16.3. The van der Waals surface area contributed by atoms with Gasteiger partial charge in [0.1, 0.15) is 11.6 Å². The highest BCUT2D eigenvalue weighted by atomic mass is 16.5. The topological polar surface area (TPSA) is 77.7 Å². The number of anilines is 1. The number of carbonyl (C=O) groups excluding carboxylic acids is 1. The molecular formula is C18H21N3O3. The second kappa shape index (κ2) is 7.31. The summed E-state index contributed by atoms with van der Waals surface area (Å²) in [5.74, 6) is 1.15. The van der Waals surface area contributed by atoms with E-state index >= 15 is 0 Å². The molecule has 1 saturated heterocycles. The Morgan fingerprint density at radius 2 is 2.29 bits per heavy atom. The summed E-state index contributed by atoms with van der Waals surface area (Å²) in [5, 5.41) is 0. The number of methoxy groups -OCH3 is 1. The van der Waals surface area contributed by atoms with Crippen molar-refractivity contribution in [3.63, 3.8) is 0 Å². The van der Waals surface area contributed by atoms with Crippen LogP contribution in [-0.2, 0) is 11.2 Å². The SMILES string of the molecule is COc1cccc(C[C@@H]2CN(c3cc(C(N)=O)ccn3)CCO2)c1. The summed E-state index contributed by atoms with van der Waals surface area (Å²) in [6.45, 7) is 2.08. The minimum atomic E-state index is -0.445. The van der Waals surface area contributed by atoms with Crippen LogP contribution in [0.4, 0.5) is 5.82 Å². The number of nitrogens with zero attached hydrogens (tertiary/aromatic N) is 2. The van der Waals surface area contributed by atoms with E-state index in [4.69, 9.17) is 15.2 Å². The molecule has 2 N–H and O–H groups in total. The number of hydrogen-bond donors (Lipinski definition) is 1. The van der Waals surface area contributed by atoms with Crippen molar-refractivity contribution >= 4 is 11.7 Å². The van der Waals surface area contributed by atoms with E-state index in [-0.39, 0.29) is 6.10 Å². The first-order valence-electron chi connectivity index (χ1n) is 7.91. The maximum absolute atomic E-state index is 11.3. The number of rotatable bonds is 5. The van der Waals surface area contributed by atoms with E-state index in [2.05, 4.69) is 16.0 Å². The Kier molecular flexibility index (Phi) is 4.96. The fourth-order valence-electron chi connectivity index (χ4n) is 2.86. The molecule has 3 rings (SSSR count). The molecule has 0 spiro atoms. The van der Waals surface area contributed by atoms with Gasteiger partial charge in [0.05, 0.1) is 19.8 Å². The van der Waals surface area contributed by atoms with E-state index in [0.29, 0.717) is 18.7 Å². The fraction of sp³-hybridized carbons (Fsp3) is 0.333. The van der Waals surface area contributed by atoms with E-state index in [1.807, 2.05) is 18.2 Å². The summed E-state index contributed by atoms with van der Waals surface area (Å²) in [6, 6.07) is 11.4. The minimum absolute atomic E-state index is 0.0601. The average Bonchev–Trinajstić information content (AvgIpc) is 2.62. The van der Waals surface area contributed by atoms with Crippen molar-refractivity contribution in [1.82, 2.24) is 4.98 Å². The Balaban J connectivity index is 1.70. The minimum Gasteiger partial charge on any atom is -0.497 e. The fourth-order valence-corrected chi connectivity index (χ4v) is 2.86. The van der Waals surface area contributed by atoms with Crippen LogP contribution in [-0.4, -0.2) is 43.8 Å². The monoisotopic (exact) mass is 327 g/mol. The molecule has 1 atom stereocenters. The summed E-state index contributed by atoms with van der Waals surface area (Å²) in [6.07, 6.45) is 2.47. The van der Waals surface area contributed by atoms with E-state index < -0.39 is 5.91 Å². The average molecular weight is 327 g/mol. The van der Waals surface area contributed by atoms with Crippen LogP contribution in [0.15, 0.2) is 42.6 Å². The number of ether oxygens (including phenoxy) is 2. The third-order valence-corrected chi connectivity index (χ3v) is 4.09. The largest absolute Gasteiger partial charge is 0.497 e.